The molecule has 1 aromatic carbocycles. The maximum Gasteiger partial charge on any atom is 0.225 e. The van der Waals surface area contributed by atoms with Crippen LogP contribution in [0.4, 0.5) is 0 Å². The molecule has 1 aliphatic rings. The van der Waals surface area contributed by atoms with Crippen LogP contribution >= 0.6 is 23.4 Å². The van der Waals surface area contributed by atoms with Gasteiger partial charge in [-0.15, -0.1) is 0 Å². The molecule has 0 bridgehead atoms. The van der Waals surface area contributed by atoms with Crippen molar-refractivity contribution in [1.29, 1.82) is 0 Å². The van der Waals surface area contributed by atoms with Crippen molar-refractivity contribution < 1.29 is 9.90 Å². The summed E-state index contributed by atoms with van der Waals surface area (Å²) in [6, 6.07) is 6.98. The van der Waals surface area contributed by atoms with E-state index in [1.54, 1.807) is 24.3 Å². The zero-order valence-corrected chi connectivity index (χ0v) is 13.4. The van der Waals surface area contributed by atoms with E-state index in [0.29, 0.717) is 5.02 Å². The van der Waals surface area contributed by atoms with Crippen molar-refractivity contribution >= 4 is 29.3 Å². The number of hydrogen-bond donors (Lipinski definition) is 1. The molecule has 1 unspecified atom stereocenters. The first-order valence-corrected chi connectivity index (χ1v) is 8.09. The molecule has 0 radical (unpaired) electrons. The molecule has 0 aliphatic carbocycles. The number of carbonyl (C=O) groups is 1. The molecule has 20 heavy (non-hydrogen) atoms. The lowest BCUT2D eigenvalue weighted by molar-refractivity contribution is -0.133. The van der Waals surface area contributed by atoms with Gasteiger partial charge < -0.3 is 10.0 Å². The smallest absolute Gasteiger partial charge is 0.225 e. The number of amides is 1. The largest absolute Gasteiger partial charge is 0.388 e. The van der Waals surface area contributed by atoms with Gasteiger partial charge in [0.2, 0.25) is 5.91 Å². The number of hydrogen-bond acceptors (Lipinski definition) is 3. The number of rotatable bonds is 3. The second-order valence-electron chi connectivity index (χ2n) is 5.69. The van der Waals surface area contributed by atoms with Crippen molar-refractivity contribution in [1.82, 2.24) is 4.90 Å². The summed E-state index contributed by atoms with van der Waals surface area (Å²) in [5.74, 6) is 0.969. The Kier molecular flexibility index (Phi) is 4.99. The minimum Gasteiger partial charge on any atom is -0.388 e. The normalized spacial score (nSPS) is 19.7. The molecule has 0 aromatic heterocycles. The molecule has 0 spiro atoms. The molecule has 1 saturated heterocycles. The van der Waals surface area contributed by atoms with Crippen molar-refractivity contribution in [3.05, 3.63) is 34.9 Å². The number of thioether (sulfide) groups is 1. The second-order valence-corrected chi connectivity index (χ2v) is 7.93. The zero-order chi connectivity index (χ0) is 14.8. The Morgan fingerprint density at radius 1 is 1.45 bits per heavy atom. The SMILES string of the molecule is CC1(C)CN(C(=O)CC(O)c2ccc(Cl)cc2)CCS1. The summed E-state index contributed by atoms with van der Waals surface area (Å²) in [4.78, 5) is 14.1. The van der Waals surface area contributed by atoms with Crippen LogP contribution in [-0.2, 0) is 4.79 Å². The topological polar surface area (TPSA) is 40.5 Å². The van der Waals surface area contributed by atoms with Gasteiger partial charge in [-0.25, -0.2) is 0 Å². The summed E-state index contributed by atoms with van der Waals surface area (Å²) in [5, 5.41) is 10.8. The first-order valence-electron chi connectivity index (χ1n) is 6.73. The van der Waals surface area contributed by atoms with E-state index in [4.69, 9.17) is 11.6 Å². The Hall–Kier alpha value is -0.710. The van der Waals surface area contributed by atoms with Gasteiger partial charge in [-0.2, -0.15) is 11.8 Å². The Morgan fingerprint density at radius 3 is 2.70 bits per heavy atom. The van der Waals surface area contributed by atoms with Gasteiger partial charge in [-0.05, 0) is 31.5 Å². The highest BCUT2D eigenvalue weighted by Gasteiger charge is 2.30. The highest BCUT2D eigenvalue weighted by atomic mass is 35.5. The fraction of sp³-hybridized carbons (Fsp3) is 0.533. The molecule has 1 heterocycles. The summed E-state index contributed by atoms with van der Waals surface area (Å²) in [6.45, 7) is 5.80. The predicted octanol–water partition coefficient (Wildman–Crippen LogP) is 3.12. The van der Waals surface area contributed by atoms with E-state index in [1.807, 2.05) is 16.7 Å². The van der Waals surface area contributed by atoms with E-state index in [1.165, 1.54) is 0 Å². The lowest BCUT2D eigenvalue weighted by Crippen LogP contribution is -2.46. The lowest BCUT2D eigenvalue weighted by Gasteiger charge is -2.37. The van der Waals surface area contributed by atoms with E-state index >= 15 is 0 Å². The average molecular weight is 314 g/mol. The van der Waals surface area contributed by atoms with Crippen LogP contribution in [0.15, 0.2) is 24.3 Å². The van der Waals surface area contributed by atoms with Crippen molar-refractivity contribution in [2.45, 2.75) is 31.1 Å². The third-order valence-electron chi connectivity index (χ3n) is 3.40. The van der Waals surface area contributed by atoms with E-state index in [2.05, 4.69) is 13.8 Å². The van der Waals surface area contributed by atoms with E-state index in [9.17, 15) is 9.90 Å². The quantitative estimate of drug-likeness (QED) is 0.932. The summed E-state index contributed by atoms with van der Waals surface area (Å²) in [6.07, 6.45) is -0.639. The van der Waals surface area contributed by atoms with E-state index in [0.717, 1.165) is 24.4 Å². The molecular formula is C15H20ClNO2S. The van der Waals surface area contributed by atoms with Gasteiger partial charge >= 0.3 is 0 Å². The molecule has 3 nitrogen and oxygen atoms in total. The van der Waals surface area contributed by atoms with Crippen LogP contribution in [0.1, 0.15) is 31.9 Å². The molecule has 1 fully saturated rings. The van der Waals surface area contributed by atoms with Crippen LogP contribution < -0.4 is 0 Å². The third kappa shape index (κ3) is 4.14. The van der Waals surface area contributed by atoms with E-state index in [-0.39, 0.29) is 17.1 Å². The van der Waals surface area contributed by atoms with E-state index < -0.39 is 6.10 Å². The maximum absolute atomic E-state index is 12.3. The number of aliphatic hydroxyl groups excluding tert-OH is 1. The molecule has 1 aliphatic heterocycles. The summed E-state index contributed by atoms with van der Waals surface area (Å²) in [7, 11) is 0. The molecule has 5 heteroatoms. The van der Waals surface area contributed by atoms with Crippen molar-refractivity contribution in [3.8, 4) is 0 Å². The molecular weight excluding hydrogens is 294 g/mol. The number of aliphatic hydroxyl groups is 1. The lowest BCUT2D eigenvalue weighted by atomic mass is 10.1. The number of nitrogens with zero attached hydrogens (tertiary/aromatic N) is 1. The fourth-order valence-corrected chi connectivity index (χ4v) is 3.56. The molecule has 1 aromatic rings. The number of carbonyl (C=O) groups excluding carboxylic acids is 1. The molecule has 1 N–H and O–H groups in total. The average Bonchev–Trinajstić information content (AvgIpc) is 2.38. The molecule has 2 rings (SSSR count). The van der Waals surface area contributed by atoms with Crippen molar-refractivity contribution in [2.75, 3.05) is 18.8 Å². The Morgan fingerprint density at radius 2 is 2.10 bits per heavy atom. The monoisotopic (exact) mass is 313 g/mol. The highest BCUT2D eigenvalue weighted by molar-refractivity contribution is 8.00. The van der Waals surface area contributed by atoms with Crippen molar-refractivity contribution in [3.63, 3.8) is 0 Å². The van der Waals surface area contributed by atoms with Crippen LogP contribution in [-0.4, -0.2) is 39.5 Å². The van der Waals surface area contributed by atoms with Gasteiger partial charge in [0.25, 0.3) is 0 Å². The van der Waals surface area contributed by atoms with Crippen LogP contribution in [0.25, 0.3) is 0 Å². The molecule has 1 atom stereocenters. The Bertz CT molecular complexity index is 475. The second kappa shape index (κ2) is 6.37. The third-order valence-corrected chi connectivity index (χ3v) is 4.95. The molecule has 1 amide bonds. The minimum absolute atomic E-state index is 0.0147. The fourth-order valence-electron chi connectivity index (χ4n) is 2.33. The predicted molar refractivity (Wildman–Crippen MR) is 84.1 cm³/mol. The van der Waals surface area contributed by atoms with Crippen LogP contribution in [0, 0.1) is 0 Å². The van der Waals surface area contributed by atoms with Gasteiger partial charge in [0.05, 0.1) is 12.5 Å². The summed E-state index contributed by atoms with van der Waals surface area (Å²) in [5.41, 5.74) is 0.730. The van der Waals surface area contributed by atoms with Crippen LogP contribution in [0.2, 0.25) is 5.02 Å². The summed E-state index contributed by atoms with van der Waals surface area (Å²) < 4.78 is 0.0964. The van der Waals surface area contributed by atoms with Crippen molar-refractivity contribution in [2.24, 2.45) is 0 Å². The molecule has 0 saturated carbocycles. The van der Waals surface area contributed by atoms with Gasteiger partial charge in [0.1, 0.15) is 0 Å². The molecule has 110 valence electrons. The number of halogens is 1. The van der Waals surface area contributed by atoms with Gasteiger partial charge in [-0.1, -0.05) is 23.7 Å². The van der Waals surface area contributed by atoms with Crippen LogP contribution in [0.5, 0.6) is 0 Å². The maximum atomic E-state index is 12.3. The van der Waals surface area contributed by atoms with Gasteiger partial charge in [-0.3, -0.25) is 4.79 Å². The van der Waals surface area contributed by atoms with Gasteiger partial charge in [0.15, 0.2) is 0 Å². The Balaban J connectivity index is 1.95. The Labute approximate surface area is 129 Å². The zero-order valence-electron chi connectivity index (χ0n) is 11.8. The highest BCUT2D eigenvalue weighted by Crippen LogP contribution is 2.30. The van der Waals surface area contributed by atoms with Crippen LogP contribution in [0.3, 0.4) is 0 Å². The first-order chi connectivity index (χ1) is 9.37. The number of benzene rings is 1. The summed E-state index contributed by atoms with van der Waals surface area (Å²) >= 11 is 7.70. The first kappa shape index (κ1) is 15.7. The standard InChI is InChI=1S/C15H20ClNO2S/c1-15(2)10-17(7-8-20-15)14(19)9-13(18)11-3-5-12(16)6-4-11/h3-6,13,18H,7-10H2,1-2H3. The minimum atomic E-state index is -0.766. The van der Waals surface area contributed by atoms with Gasteiger partial charge in [0, 0.05) is 28.6 Å².